The molecular formula is C17H28N2. The van der Waals surface area contributed by atoms with Crippen molar-refractivity contribution in [3.8, 4) is 0 Å². The summed E-state index contributed by atoms with van der Waals surface area (Å²) >= 11 is 0. The van der Waals surface area contributed by atoms with Gasteiger partial charge in [-0.15, -0.1) is 0 Å². The Labute approximate surface area is 118 Å². The number of rotatable bonds is 4. The number of nitrogens with zero attached hydrogens (tertiary/aromatic N) is 1. The van der Waals surface area contributed by atoms with E-state index in [1.54, 1.807) is 0 Å². The highest BCUT2D eigenvalue weighted by Gasteiger charge is 2.28. The van der Waals surface area contributed by atoms with E-state index >= 15 is 0 Å². The molecule has 0 amide bonds. The quantitative estimate of drug-likeness (QED) is 0.895. The molecule has 1 N–H and O–H groups in total. The number of hydrogen-bond donors (Lipinski definition) is 1. The predicted molar refractivity (Wildman–Crippen MR) is 82.5 cm³/mol. The first-order valence-electron chi connectivity index (χ1n) is 7.45. The largest absolute Gasteiger partial charge is 0.312 e. The fourth-order valence-electron chi connectivity index (χ4n) is 2.84. The van der Waals surface area contributed by atoms with Gasteiger partial charge in [-0.05, 0) is 68.9 Å². The average Bonchev–Trinajstić information content (AvgIpc) is 2.39. The smallest absolute Gasteiger partial charge is 0.0208 e. The van der Waals surface area contributed by atoms with Crippen LogP contribution in [0.2, 0.25) is 0 Å². The van der Waals surface area contributed by atoms with E-state index in [4.69, 9.17) is 0 Å². The summed E-state index contributed by atoms with van der Waals surface area (Å²) in [5, 5.41) is 3.68. The topological polar surface area (TPSA) is 15.3 Å². The molecule has 2 nitrogen and oxygen atoms in total. The Kier molecular flexibility index (Phi) is 4.64. The minimum atomic E-state index is 0.476. The van der Waals surface area contributed by atoms with E-state index in [0.717, 1.165) is 13.1 Å². The van der Waals surface area contributed by atoms with Gasteiger partial charge in [-0.1, -0.05) is 25.1 Å². The maximum Gasteiger partial charge on any atom is 0.0208 e. The molecule has 0 unspecified atom stereocenters. The molecule has 0 spiro atoms. The Bertz CT molecular complexity index is 417. The van der Waals surface area contributed by atoms with Gasteiger partial charge in [0, 0.05) is 13.1 Å². The molecule has 0 radical (unpaired) electrons. The van der Waals surface area contributed by atoms with E-state index < -0.39 is 0 Å². The third kappa shape index (κ3) is 3.80. The van der Waals surface area contributed by atoms with Crippen molar-refractivity contribution in [2.24, 2.45) is 5.41 Å². The highest BCUT2D eigenvalue weighted by atomic mass is 15.1. The predicted octanol–water partition coefficient (Wildman–Crippen LogP) is 3.12. The van der Waals surface area contributed by atoms with Gasteiger partial charge >= 0.3 is 0 Å². The van der Waals surface area contributed by atoms with Gasteiger partial charge in [0.25, 0.3) is 0 Å². The molecule has 1 saturated heterocycles. The Hall–Kier alpha value is -0.860. The van der Waals surface area contributed by atoms with E-state index in [0.29, 0.717) is 5.41 Å². The van der Waals surface area contributed by atoms with Crippen LogP contribution in [0, 0.1) is 19.3 Å². The van der Waals surface area contributed by atoms with E-state index in [-0.39, 0.29) is 0 Å². The molecule has 2 heteroatoms. The van der Waals surface area contributed by atoms with E-state index in [1.165, 1.54) is 42.6 Å². The fraction of sp³-hybridized carbons (Fsp3) is 0.647. The van der Waals surface area contributed by atoms with Crippen molar-refractivity contribution in [3.05, 3.63) is 34.9 Å². The Balaban J connectivity index is 1.85. The zero-order chi connectivity index (χ0) is 13.9. The van der Waals surface area contributed by atoms with Gasteiger partial charge in [-0.2, -0.15) is 0 Å². The first-order valence-corrected chi connectivity index (χ1v) is 7.45. The van der Waals surface area contributed by atoms with Crippen LogP contribution in [-0.4, -0.2) is 31.6 Å². The minimum absolute atomic E-state index is 0.476. The number of aryl methyl sites for hydroxylation is 1. The van der Waals surface area contributed by atoms with Crippen LogP contribution in [-0.2, 0) is 6.54 Å². The number of hydrogen-bond acceptors (Lipinski definition) is 2. The van der Waals surface area contributed by atoms with Crippen LogP contribution in [0.1, 0.15) is 36.5 Å². The SMILES string of the molecule is Cc1cccc(CNCC2(C)CCN(C)CC2)c1C. The second-order valence-electron chi connectivity index (χ2n) is 6.58. The summed E-state index contributed by atoms with van der Waals surface area (Å²) in [4.78, 5) is 2.44. The molecular weight excluding hydrogens is 232 g/mol. The molecule has 1 heterocycles. The van der Waals surface area contributed by atoms with Gasteiger partial charge in [0.1, 0.15) is 0 Å². The van der Waals surface area contributed by atoms with Crippen molar-refractivity contribution >= 4 is 0 Å². The third-order valence-corrected chi connectivity index (χ3v) is 4.78. The van der Waals surface area contributed by atoms with Crippen LogP contribution in [0.15, 0.2) is 18.2 Å². The van der Waals surface area contributed by atoms with Crippen molar-refractivity contribution in [2.45, 2.75) is 40.2 Å². The molecule has 1 aromatic carbocycles. The summed E-state index contributed by atoms with van der Waals surface area (Å²) in [5.41, 5.74) is 4.74. The lowest BCUT2D eigenvalue weighted by molar-refractivity contribution is 0.137. The van der Waals surface area contributed by atoms with Crippen LogP contribution in [0.4, 0.5) is 0 Å². The van der Waals surface area contributed by atoms with E-state index in [2.05, 4.69) is 56.2 Å². The molecule has 0 aromatic heterocycles. The molecule has 1 aliphatic rings. The Morgan fingerprint density at radius 1 is 1.21 bits per heavy atom. The third-order valence-electron chi connectivity index (χ3n) is 4.78. The van der Waals surface area contributed by atoms with Crippen LogP contribution in [0.5, 0.6) is 0 Å². The molecule has 106 valence electrons. The normalized spacial score (nSPS) is 19.6. The summed E-state index contributed by atoms with van der Waals surface area (Å²) in [5.74, 6) is 0. The summed E-state index contributed by atoms with van der Waals surface area (Å²) < 4.78 is 0. The van der Waals surface area contributed by atoms with Crippen molar-refractivity contribution < 1.29 is 0 Å². The second kappa shape index (κ2) is 6.06. The van der Waals surface area contributed by atoms with Crippen LogP contribution in [0.25, 0.3) is 0 Å². The first kappa shape index (κ1) is 14.5. The number of benzene rings is 1. The molecule has 0 bridgehead atoms. The maximum atomic E-state index is 3.68. The zero-order valence-corrected chi connectivity index (χ0v) is 12.9. The summed E-state index contributed by atoms with van der Waals surface area (Å²) in [6.45, 7) is 11.5. The van der Waals surface area contributed by atoms with Crippen molar-refractivity contribution in [1.82, 2.24) is 10.2 Å². The minimum Gasteiger partial charge on any atom is -0.312 e. The lowest BCUT2D eigenvalue weighted by Crippen LogP contribution is -2.41. The van der Waals surface area contributed by atoms with Crippen molar-refractivity contribution in [1.29, 1.82) is 0 Å². The number of likely N-dealkylation sites (tertiary alicyclic amines) is 1. The van der Waals surface area contributed by atoms with Gasteiger partial charge in [0.2, 0.25) is 0 Å². The molecule has 1 fully saturated rings. The first-order chi connectivity index (χ1) is 9.00. The molecule has 1 aliphatic heterocycles. The molecule has 19 heavy (non-hydrogen) atoms. The summed E-state index contributed by atoms with van der Waals surface area (Å²) in [6, 6.07) is 6.60. The maximum absolute atomic E-state index is 3.68. The molecule has 0 atom stereocenters. The lowest BCUT2D eigenvalue weighted by Gasteiger charge is -2.38. The fourth-order valence-corrected chi connectivity index (χ4v) is 2.84. The molecule has 2 rings (SSSR count). The van der Waals surface area contributed by atoms with Crippen LogP contribution in [0.3, 0.4) is 0 Å². The Morgan fingerprint density at radius 2 is 1.89 bits per heavy atom. The van der Waals surface area contributed by atoms with E-state index in [9.17, 15) is 0 Å². The second-order valence-corrected chi connectivity index (χ2v) is 6.58. The number of piperidine rings is 1. The van der Waals surface area contributed by atoms with Crippen molar-refractivity contribution in [3.63, 3.8) is 0 Å². The summed E-state index contributed by atoms with van der Waals surface area (Å²) in [7, 11) is 2.23. The molecule has 0 saturated carbocycles. The number of nitrogens with one attached hydrogen (secondary N) is 1. The average molecular weight is 260 g/mol. The van der Waals surface area contributed by atoms with E-state index in [1.807, 2.05) is 0 Å². The van der Waals surface area contributed by atoms with Crippen molar-refractivity contribution in [2.75, 3.05) is 26.7 Å². The van der Waals surface area contributed by atoms with Gasteiger partial charge in [0.05, 0.1) is 0 Å². The van der Waals surface area contributed by atoms with Gasteiger partial charge in [-0.3, -0.25) is 0 Å². The van der Waals surface area contributed by atoms with Gasteiger partial charge in [-0.25, -0.2) is 0 Å². The monoisotopic (exact) mass is 260 g/mol. The summed E-state index contributed by atoms with van der Waals surface area (Å²) in [6.07, 6.45) is 2.62. The highest BCUT2D eigenvalue weighted by molar-refractivity contribution is 5.32. The lowest BCUT2D eigenvalue weighted by atomic mass is 9.80. The highest BCUT2D eigenvalue weighted by Crippen LogP contribution is 2.29. The van der Waals surface area contributed by atoms with Gasteiger partial charge in [0.15, 0.2) is 0 Å². The zero-order valence-electron chi connectivity index (χ0n) is 12.9. The standard InChI is InChI=1S/C17H28N2/c1-14-6-5-7-16(15(14)2)12-18-13-17(3)8-10-19(4)11-9-17/h5-7,18H,8-13H2,1-4H3. The molecule has 1 aromatic rings. The van der Waals surface area contributed by atoms with Crippen LogP contribution >= 0.6 is 0 Å². The van der Waals surface area contributed by atoms with Crippen LogP contribution < -0.4 is 5.32 Å². The van der Waals surface area contributed by atoms with Gasteiger partial charge < -0.3 is 10.2 Å². The Morgan fingerprint density at radius 3 is 2.58 bits per heavy atom. The molecule has 0 aliphatic carbocycles.